The van der Waals surface area contributed by atoms with Gasteiger partial charge in [0.1, 0.15) is 12.4 Å². The molecule has 120 valence electrons. The van der Waals surface area contributed by atoms with Crippen LogP contribution in [0.2, 0.25) is 0 Å². The number of hydrogen-bond donors (Lipinski definition) is 1. The minimum atomic E-state index is -1.28. The fourth-order valence-electron chi connectivity index (χ4n) is 1.89. The highest BCUT2D eigenvalue weighted by Gasteiger charge is 2.11. The van der Waals surface area contributed by atoms with Crippen molar-refractivity contribution >= 4 is 5.97 Å². The molecule has 0 spiro atoms. The predicted molar refractivity (Wildman–Crippen MR) is 78.5 cm³/mol. The third kappa shape index (κ3) is 4.88. The van der Waals surface area contributed by atoms with Crippen molar-refractivity contribution in [2.45, 2.75) is 13.0 Å². The van der Waals surface area contributed by atoms with Crippen LogP contribution in [0, 0.1) is 17.5 Å². The first-order chi connectivity index (χ1) is 11.0. The lowest BCUT2D eigenvalue weighted by Crippen LogP contribution is -2.09. The van der Waals surface area contributed by atoms with Gasteiger partial charge >= 0.3 is 5.97 Å². The van der Waals surface area contributed by atoms with E-state index in [1.54, 1.807) is 24.3 Å². The molecule has 2 N–H and O–H groups in total. The van der Waals surface area contributed by atoms with Crippen LogP contribution in [0.3, 0.4) is 0 Å². The molecule has 0 bridgehead atoms. The Kier molecular flexibility index (Phi) is 5.41. The van der Waals surface area contributed by atoms with Gasteiger partial charge in [-0.05, 0) is 17.2 Å². The zero-order valence-electron chi connectivity index (χ0n) is 12.1. The number of benzene rings is 2. The van der Waals surface area contributed by atoms with Crippen LogP contribution in [0.5, 0.6) is 0 Å². The monoisotopic (exact) mass is 321 g/mol. The van der Waals surface area contributed by atoms with Crippen molar-refractivity contribution in [1.82, 2.24) is 0 Å². The first kappa shape index (κ1) is 16.6. The van der Waals surface area contributed by atoms with E-state index in [9.17, 15) is 18.0 Å². The van der Waals surface area contributed by atoms with Crippen LogP contribution in [0.1, 0.15) is 11.1 Å². The average molecular weight is 321 g/mol. The van der Waals surface area contributed by atoms with Crippen molar-refractivity contribution in [3.05, 3.63) is 82.8 Å². The molecule has 0 aromatic heterocycles. The molecule has 0 radical (unpaired) electrons. The first-order valence-corrected chi connectivity index (χ1v) is 6.76. The fraction of sp³-hybridized carbons (Fsp3) is 0.118. The molecule has 0 heterocycles. The molecule has 0 atom stereocenters. The van der Waals surface area contributed by atoms with Gasteiger partial charge in [-0.2, -0.15) is 0 Å². The molecule has 0 saturated heterocycles. The Morgan fingerprint density at radius 3 is 2.39 bits per heavy atom. The van der Waals surface area contributed by atoms with Crippen LogP contribution in [0.25, 0.3) is 0 Å². The Morgan fingerprint density at radius 1 is 1.04 bits per heavy atom. The van der Waals surface area contributed by atoms with Crippen LogP contribution < -0.4 is 5.73 Å². The zero-order valence-corrected chi connectivity index (χ0v) is 12.1. The fourth-order valence-corrected chi connectivity index (χ4v) is 1.89. The maximum Gasteiger partial charge on any atom is 0.332 e. The predicted octanol–water partition coefficient (Wildman–Crippen LogP) is 3.23. The largest absolute Gasteiger partial charge is 0.458 e. The Hall–Kier alpha value is -2.76. The highest BCUT2D eigenvalue weighted by Crippen LogP contribution is 2.15. The molecule has 0 amide bonds. The molecule has 0 unspecified atom stereocenters. The SMILES string of the molecule is NC(=CC(=O)OCc1ccccc1)Cc1cc(F)c(F)cc1F. The highest BCUT2D eigenvalue weighted by atomic mass is 19.2. The van der Waals surface area contributed by atoms with Crippen molar-refractivity contribution in [1.29, 1.82) is 0 Å². The molecular formula is C17H14F3NO2. The lowest BCUT2D eigenvalue weighted by molar-refractivity contribution is -0.139. The molecule has 2 rings (SSSR count). The summed E-state index contributed by atoms with van der Waals surface area (Å²) in [5.74, 6) is -4.09. The number of ether oxygens (including phenoxy) is 1. The van der Waals surface area contributed by atoms with Gasteiger partial charge in [-0.3, -0.25) is 0 Å². The molecule has 0 fully saturated rings. The minimum absolute atomic E-state index is 0.0204. The molecule has 0 aliphatic rings. The number of allylic oxidation sites excluding steroid dienone is 1. The Bertz CT molecular complexity index is 730. The highest BCUT2D eigenvalue weighted by molar-refractivity contribution is 5.82. The molecule has 0 saturated carbocycles. The van der Waals surface area contributed by atoms with Gasteiger partial charge in [0.05, 0.1) is 0 Å². The molecule has 6 heteroatoms. The Labute approximate surface area is 131 Å². The Balaban J connectivity index is 1.97. The molecular weight excluding hydrogens is 307 g/mol. The standard InChI is InChI=1S/C17H14F3NO2/c18-14-9-16(20)15(19)7-12(14)6-13(21)8-17(22)23-10-11-4-2-1-3-5-11/h1-5,7-9H,6,10,21H2. The summed E-state index contributed by atoms with van der Waals surface area (Å²) in [5, 5.41) is 0. The maximum atomic E-state index is 13.5. The van der Waals surface area contributed by atoms with Crippen LogP contribution in [0.15, 0.2) is 54.2 Å². The van der Waals surface area contributed by atoms with Gasteiger partial charge in [-0.15, -0.1) is 0 Å². The molecule has 0 aliphatic carbocycles. The lowest BCUT2D eigenvalue weighted by atomic mass is 10.1. The Morgan fingerprint density at radius 2 is 1.70 bits per heavy atom. The van der Waals surface area contributed by atoms with Crippen LogP contribution in [0.4, 0.5) is 13.2 Å². The number of esters is 1. The van der Waals surface area contributed by atoms with E-state index in [0.29, 0.717) is 12.1 Å². The third-order valence-electron chi connectivity index (χ3n) is 3.01. The van der Waals surface area contributed by atoms with Gasteiger partial charge in [-0.25, -0.2) is 18.0 Å². The van der Waals surface area contributed by atoms with E-state index in [4.69, 9.17) is 10.5 Å². The second kappa shape index (κ2) is 7.49. The van der Waals surface area contributed by atoms with Gasteiger partial charge in [0.25, 0.3) is 0 Å². The molecule has 0 aliphatic heterocycles. The van der Waals surface area contributed by atoms with E-state index in [0.717, 1.165) is 11.6 Å². The number of halogens is 3. The third-order valence-corrected chi connectivity index (χ3v) is 3.01. The number of rotatable bonds is 5. The van der Waals surface area contributed by atoms with Crippen LogP contribution in [-0.4, -0.2) is 5.97 Å². The number of carbonyl (C=O) groups excluding carboxylic acids is 1. The van der Waals surface area contributed by atoms with E-state index >= 15 is 0 Å². The van der Waals surface area contributed by atoms with Crippen molar-refractivity contribution in [3.63, 3.8) is 0 Å². The van der Waals surface area contributed by atoms with Crippen molar-refractivity contribution in [2.75, 3.05) is 0 Å². The summed E-state index contributed by atoms with van der Waals surface area (Å²) < 4.78 is 44.4. The van der Waals surface area contributed by atoms with Gasteiger partial charge in [0, 0.05) is 24.3 Å². The maximum absolute atomic E-state index is 13.5. The molecule has 3 nitrogen and oxygen atoms in total. The van der Waals surface area contributed by atoms with E-state index in [2.05, 4.69) is 0 Å². The number of carbonyl (C=O) groups is 1. The minimum Gasteiger partial charge on any atom is -0.458 e. The summed E-state index contributed by atoms with van der Waals surface area (Å²) in [6.45, 7) is 0.0724. The van der Waals surface area contributed by atoms with E-state index in [-0.39, 0.29) is 24.3 Å². The smallest absolute Gasteiger partial charge is 0.332 e. The zero-order chi connectivity index (χ0) is 16.8. The second-order valence-electron chi connectivity index (χ2n) is 4.85. The summed E-state index contributed by atoms with van der Waals surface area (Å²) in [7, 11) is 0. The molecule has 23 heavy (non-hydrogen) atoms. The lowest BCUT2D eigenvalue weighted by Gasteiger charge is -2.06. The average Bonchev–Trinajstić information content (AvgIpc) is 2.51. The van der Waals surface area contributed by atoms with Crippen molar-refractivity contribution in [2.24, 2.45) is 5.73 Å². The number of hydrogen-bond acceptors (Lipinski definition) is 3. The summed E-state index contributed by atoms with van der Waals surface area (Å²) in [5.41, 5.74) is 6.25. The van der Waals surface area contributed by atoms with Gasteiger partial charge < -0.3 is 10.5 Å². The summed E-state index contributed by atoms with van der Waals surface area (Å²) >= 11 is 0. The quantitative estimate of drug-likeness (QED) is 0.522. The van der Waals surface area contributed by atoms with E-state index in [1.165, 1.54) is 0 Å². The van der Waals surface area contributed by atoms with Gasteiger partial charge in [-0.1, -0.05) is 30.3 Å². The first-order valence-electron chi connectivity index (χ1n) is 6.76. The summed E-state index contributed by atoms with van der Waals surface area (Å²) in [6.07, 6.45) is 0.757. The summed E-state index contributed by atoms with van der Waals surface area (Å²) in [6, 6.07) is 10.2. The normalized spacial score (nSPS) is 11.3. The van der Waals surface area contributed by atoms with Crippen molar-refractivity contribution < 1.29 is 22.7 Å². The van der Waals surface area contributed by atoms with Crippen molar-refractivity contribution in [3.8, 4) is 0 Å². The molecule has 2 aromatic rings. The molecule has 2 aromatic carbocycles. The number of nitrogens with two attached hydrogens (primary N) is 1. The second-order valence-corrected chi connectivity index (χ2v) is 4.85. The van der Waals surface area contributed by atoms with Crippen LogP contribution >= 0.6 is 0 Å². The van der Waals surface area contributed by atoms with E-state index in [1.807, 2.05) is 6.07 Å². The topological polar surface area (TPSA) is 52.3 Å². The summed E-state index contributed by atoms with van der Waals surface area (Å²) in [4.78, 5) is 11.6. The van der Waals surface area contributed by atoms with Gasteiger partial charge in [0.15, 0.2) is 11.6 Å². The van der Waals surface area contributed by atoms with E-state index < -0.39 is 23.4 Å². The van der Waals surface area contributed by atoms with Crippen LogP contribution in [-0.2, 0) is 22.6 Å². The van der Waals surface area contributed by atoms with Gasteiger partial charge in [0.2, 0.25) is 0 Å².